The van der Waals surface area contributed by atoms with Crippen molar-refractivity contribution in [1.29, 1.82) is 0 Å². The van der Waals surface area contributed by atoms with Crippen LogP contribution in [0.2, 0.25) is 0 Å². The fraction of sp³-hybridized carbons (Fsp3) is 0.429. The smallest absolute Gasteiger partial charge is 0.331 e. The molecule has 2 unspecified atom stereocenters. The molecule has 0 saturated heterocycles. The van der Waals surface area contributed by atoms with Crippen molar-refractivity contribution in [1.82, 2.24) is 5.32 Å². The standard InChI is InChI=1S/C14H16BrNO5/c1-14(7-20-2,13(18)19)16-12(17)10-6-21-11-4-3-8(15)5-9(10)11/h3-5,10H,6-7H2,1-2H3,(H,16,17)(H,18,19). The molecule has 0 saturated carbocycles. The number of carboxylic acids is 1. The summed E-state index contributed by atoms with van der Waals surface area (Å²) in [5.74, 6) is -1.44. The highest BCUT2D eigenvalue weighted by Gasteiger charge is 2.39. The lowest BCUT2D eigenvalue weighted by molar-refractivity contribution is -0.149. The third-order valence-corrected chi connectivity index (χ3v) is 3.87. The Morgan fingerprint density at radius 1 is 1.57 bits per heavy atom. The SMILES string of the molecule is COCC(C)(NC(=O)C1COc2ccc(Br)cc21)C(=O)O. The largest absolute Gasteiger partial charge is 0.492 e. The van der Waals surface area contributed by atoms with E-state index >= 15 is 0 Å². The van der Waals surface area contributed by atoms with Crippen molar-refractivity contribution < 1.29 is 24.2 Å². The normalized spacial score (nSPS) is 19.3. The van der Waals surface area contributed by atoms with E-state index in [-0.39, 0.29) is 13.2 Å². The maximum Gasteiger partial charge on any atom is 0.331 e. The van der Waals surface area contributed by atoms with Crippen LogP contribution in [0.1, 0.15) is 18.4 Å². The minimum Gasteiger partial charge on any atom is -0.492 e. The van der Waals surface area contributed by atoms with Crippen LogP contribution in [0, 0.1) is 0 Å². The molecule has 0 radical (unpaired) electrons. The van der Waals surface area contributed by atoms with Crippen LogP contribution in [0.3, 0.4) is 0 Å². The quantitative estimate of drug-likeness (QED) is 0.834. The number of fused-ring (bicyclic) bond motifs is 1. The van der Waals surface area contributed by atoms with Crippen molar-refractivity contribution in [3.05, 3.63) is 28.2 Å². The molecule has 0 fully saturated rings. The van der Waals surface area contributed by atoms with Crippen LogP contribution in [-0.4, -0.2) is 42.8 Å². The number of ether oxygens (including phenoxy) is 2. The molecular weight excluding hydrogens is 342 g/mol. The predicted molar refractivity (Wildman–Crippen MR) is 78.4 cm³/mol. The van der Waals surface area contributed by atoms with Gasteiger partial charge in [-0.1, -0.05) is 15.9 Å². The maximum absolute atomic E-state index is 12.4. The van der Waals surface area contributed by atoms with Crippen LogP contribution in [-0.2, 0) is 14.3 Å². The highest BCUT2D eigenvalue weighted by Crippen LogP contribution is 2.36. The van der Waals surface area contributed by atoms with Crippen LogP contribution in [0.4, 0.5) is 0 Å². The van der Waals surface area contributed by atoms with E-state index in [1.165, 1.54) is 14.0 Å². The van der Waals surface area contributed by atoms with Crippen molar-refractivity contribution in [3.63, 3.8) is 0 Å². The fourth-order valence-corrected chi connectivity index (χ4v) is 2.58. The molecule has 7 heteroatoms. The van der Waals surface area contributed by atoms with Crippen molar-refractivity contribution >= 4 is 27.8 Å². The second-order valence-corrected chi connectivity index (χ2v) is 6.02. The van der Waals surface area contributed by atoms with Crippen molar-refractivity contribution in [2.45, 2.75) is 18.4 Å². The Balaban J connectivity index is 2.19. The number of aliphatic carboxylic acids is 1. The molecule has 1 heterocycles. The molecule has 1 aromatic carbocycles. The molecule has 0 aliphatic carbocycles. The summed E-state index contributed by atoms with van der Waals surface area (Å²) in [7, 11) is 1.39. The van der Waals surface area contributed by atoms with Gasteiger partial charge in [0.2, 0.25) is 5.91 Å². The molecule has 2 rings (SSSR count). The summed E-state index contributed by atoms with van der Waals surface area (Å²) in [5.41, 5.74) is -0.729. The summed E-state index contributed by atoms with van der Waals surface area (Å²) < 4.78 is 11.2. The number of hydrogen-bond acceptors (Lipinski definition) is 4. The van der Waals surface area contributed by atoms with Crippen molar-refractivity contribution in [2.75, 3.05) is 20.3 Å². The fourth-order valence-electron chi connectivity index (χ4n) is 2.20. The van der Waals surface area contributed by atoms with Gasteiger partial charge in [0.25, 0.3) is 0 Å². The number of methoxy groups -OCH3 is 1. The van der Waals surface area contributed by atoms with Crippen LogP contribution < -0.4 is 10.1 Å². The highest BCUT2D eigenvalue weighted by atomic mass is 79.9. The highest BCUT2D eigenvalue weighted by molar-refractivity contribution is 9.10. The third-order valence-electron chi connectivity index (χ3n) is 3.37. The number of nitrogens with one attached hydrogen (secondary N) is 1. The van der Waals surface area contributed by atoms with Gasteiger partial charge in [-0.3, -0.25) is 4.79 Å². The molecule has 1 aliphatic rings. The van der Waals surface area contributed by atoms with Gasteiger partial charge in [0.1, 0.15) is 18.3 Å². The van der Waals surface area contributed by atoms with Crippen molar-refractivity contribution in [3.8, 4) is 5.75 Å². The van der Waals surface area contributed by atoms with Crippen LogP contribution in [0.25, 0.3) is 0 Å². The molecule has 0 aromatic heterocycles. The number of benzene rings is 1. The molecule has 1 aliphatic heterocycles. The molecule has 114 valence electrons. The number of halogens is 1. The van der Waals surface area contributed by atoms with E-state index in [0.29, 0.717) is 5.75 Å². The second-order valence-electron chi connectivity index (χ2n) is 5.11. The molecule has 21 heavy (non-hydrogen) atoms. The lowest BCUT2D eigenvalue weighted by atomic mass is 9.97. The van der Waals surface area contributed by atoms with Gasteiger partial charge in [0.05, 0.1) is 6.61 Å². The molecule has 0 bridgehead atoms. The Kier molecular flexibility index (Phi) is 4.53. The topological polar surface area (TPSA) is 84.9 Å². The summed E-state index contributed by atoms with van der Waals surface area (Å²) in [6, 6.07) is 5.41. The zero-order valence-corrected chi connectivity index (χ0v) is 13.3. The predicted octanol–water partition coefficient (Wildman–Crippen LogP) is 1.53. The lowest BCUT2D eigenvalue weighted by Crippen LogP contribution is -2.56. The average Bonchev–Trinajstić information content (AvgIpc) is 2.81. The zero-order chi connectivity index (χ0) is 15.6. The average molecular weight is 358 g/mol. The van der Waals surface area contributed by atoms with Gasteiger partial charge in [0, 0.05) is 17.1 Å². The van der Waals surface area contributed by atoms with E-state index in [4.69, 9.17) is 9.47 Å². The molecule has 6 nitrogen and oxygen atoms in total. The van der Waals surface area contributed by atoms with Gasteiger partial charge in [0.15, 0.2) is 5.54 Å². The Bertz CT molecular complexity index is 576. The summed E-state index contributed by atoms with van der Waals surface area (Å²) in [5, 5.41) is 11.8. The van der Waals surface area contributed by atoms with Crippen molar-refractivity contribution in [2.24, 2.45) is 0 Å². The van der Waals surface area contributed by atoms with Gasteiger partial charge < -0.3 is 19.9 Å². The number of hydrogen-bond donors (Lipinski definition) is 2. The number of amides is 1. The molecule has 2 atom stereocenters. The van der Waals surface area contributed by atoms with E-state index in [2.05, 4.69) is 21.2 Å². The van der Waals surface area contributed by atoms with E-state index < -0.39 is 23.3 Å². The minimum absolute atomic E-state index is 0.118. The summed E-state index contributed by atoms with van der Waals surface area (Å²) in [6.45, 7) is 1.49. The van der Waals surface area contributed by atoms with Gasteiger partial charge in [-0.15, -0.1) is 0 Å². The number of carboxylic acid groups (broad SMARTS) is 1. The Morgan fingerprint density at radius 2 is 2.29 bits per heavy atom. The number of rotatable bonds is 5. The monoisotopic (exact) mass is 357 g/mol. The number of carbonyl (C=O) groups excluding carboxylic acids is 1. The first kappa shape index (κ1) is 15.8. The van der Waals surface area contributed by atoms with Crippen LogP contribution in [0.15, 0.2) is 22.7 Å². The van der Waals surface area contributed by atoms with Gasteiger partial charge in [-0.25, -0.2) is 4.79 Å². The van der Waals surface area contributed by atoms with E-state index in [1.807, 2.05) is 6.07 Å². The van der Waals surface area contributed by atoms with Gasteiger partial charge in [-0.05, 0) is 25.1 Å². The third kappa shape index (κ3) is 3.19. The Hall–Kier alpha value is -1.60. The Morgan fingerprint density at radius 3 is 2.90 bits per heavy atom. The van der Waals surface area contributed by atoms with Crippen LogP contribution in [0.5, 0.6) is 5.75 Å². The molecule has 1 amide bonds. The summed E-state index contributed by atoms with van der Waals surface area (Å²) in [6.07, 6.45) is 0. The summed E-state index contributed by atoms with van der Waals surface area (Å²) in [4.78, 5) is 23.7. The molecule has 0 spiro atoms. The second kappa shape index (κ2) is 6.03. The van der Waals surface area contributed by atoms with Gasteiger partial charge >= 0.3 is 5.97 Å². The van der Waals surface area contributed by atoms with Crippen LogP contribution >= 0.6 is 15.9 Å². The Labute approximate surface area is 130 Å². The zero-order valence-electron chi connectivity index (χ0n) is 11.7. The van der Waals surface area contributed by atoms with E-state index in [9.17, 15) is 14.7 Å². The lowest BCUT2D eigenvalue weighted by Gasteiger charge is -2.26. The van der Waals surface area contributed by atoms with E-state index in [0.717, 1.165) is 10.0 Å². The first-order valence-corrected chi connectivity index (χ1v) is 7.13. The molecule has 2 N–H and O–H groups in total. The van der Waals surface area contributed by atoms with E-state index in [1.54, 1.807) is 12.1 Å². The first-order valence-electron chi connectivity index (χ1n) is 6.34. The minimum atomic E-state index is -1.47. The maximum atomic E-state index is 12.4. The molecular formula is C14H16BrNO5. The van der Waals surface area contributed by atoms with Gasteiger partial charge in [-0.2, -0.15) is 0 Å². The molecule has 1 aromatic rings. The summed E-state index contributed by atoms with van der Waals surface area (Å²) >= 11 is 3.35. The number of carbonyl (C=O) groups is 2. The first-order chi connectivity index (χ1) is 9.87.